The van der Waals surface area contributed by atoms with Gasteiger partial charge in [0.1, 0.15) is 19.0 Å². The second kappa shape index (κ2) is 7.52. The van der Waals surface area contributed by atoms with Crippen LogP contribution in [0.4, 0.5) is 5.69 Å². The van der Waals surface area contributed by atoms with Crippen LogP contribution in [0.3, 0.4) is 0 Å². The standard InChI is InChI=1S/C17H16N2O6/c20-16(11-25-14-6-4-13(5-7-14)19(21)22)18-10-12-2-1-3-15-17(12)24-9-8-23-15/h1-7H,8-11H2,(H,18,20). The number of nitrogens with one attached hydrogen (secondary N) is 1. The molecule has 1 N–H and O–H groups in total. The van der Waals surface area contributed by atoms with Gasteiger partial charge in [-0.25, -0.2) is 0 Å². The van der Waals surface area contributed by atoms with Crippen LogP contribution in [0.5, 0.6) is 17.2 Å². The molecule has 8 nitrogen and oxygen atoms in total. The van der Waals surface area contributed by atoms with Gasteiger partial charge in [0, 0.05) is 24.2 Å². The third-order valence-corrected chi connectivity index (χ3v) is 3.54. The molecule has 0 fully saturated rings. The Bertz CT molecular complexity index is 775. The number of nitro benzene ring substituents is 1. The lowest BCUT2D eigenvalue weighted by Crippen LogP contribution is -2.29. The number of hydrogen-bond acceptors (Lipinski definition) is 6. The predicted molar refractivity (Wildman–Crippen MR) is 87.9 cm³/mol. The number of rotatable bonds is 6. The smallest absolute Gasteiger partial charge is 0.269 e. The Morgan fingerprint density at radius 2 is 1.92 bits per heavy atom. The van der Waals surface area contributed by atoms with Gasteiger partial charge in [-0.1, -0.05) is 12.1 Å². The predicted octanol–water partition coefficient (Wildman–Crippen LogP) is 2.06. The van der Waals surface area contributed by atoms with Gasteiger partial charge in [-0.05, 0) is 18.2 Å². The minimum absolute atomic E-state index is 0.0344. The minimum atomic E-state index is -0.497. The van der Waals surface area contributed by atoms with Gasteiger partial charge in [-0.15, -0.1) is 0 Å². The fraction of sp³-hybridized carbons (Fsp3) is 0.235. The van der Waals surface area contributed by atoms with Crippen LogP contribution < -0.4 is 19.5 Å². The largest absolute Gasteiger partial charge is 0.486 e. The quantitative estimate of drug-likeness (QED) is 0.636. The lowest BCUT2D eigenvalue weighted by atomic mass is 10.1. The SMILES string of the molecule is O=C(COc1ccc([N+](=O)[O-])cc1)NCc1cccc2c1OCCO2. The van der Waals surface area contributed by atoms with Gasteiger partial charge in [0.2, 0.25) is 0 Å². The Balaban J connectivity index is 1.51. The molecule has 3 rings (SSSR count). The number of amides is 1. The molecule has 25 heavy (non-hydrogen) atoms. The van der Waals surface area contributed by atoms with E-state index in [1.165, 1.54) is 24.3 Å². The fourth-order valence-electron chi connectivity index (χ4n) is 2.33. The molecule has 1 amide bonds. The number of benzene rings is 2. The lowest BCUT2D eigenvalue weighted by Gasteiger charge is -2.21. The average molecular weight is 344 g/mol. The van der Waals surface area contributed by atoms with Crippen LogP contribution in [0, 0.1) is 10.1 Å². The molecule has 1 aliphatic heterocycles. The van der Waals surface area contributed by atoms with Crippen molar-refractivity contribution in [3.05, 3.63) is 58.1 Å². The van der Waals surface area contributed by atoms with E-state index < -0.39 is 4.92 Å². The molecule has 0 aromatic heterocycles. The zero-order valence-electron chi connectivity index (χ0n) is 13.3. The molecular weight excluding hydrogens is 328 g/mol. The fourth-order valence-corrected chi connectivity index (χ4v) is 2.33. The molecule has 0 aliphatic carbocycles. The summed E-state index contributed by atoms with van der Waals surface area (Å²) in [4.78, 5) is 22.0. The minimum Gasteiger partial charge on any atom is -0.486 e. The van der Waals surface area contributed by atoms with Crippen molar-refractivity contribution in [3.8, 4) is 17.2 Å². The number of ether oxygens (including phenoxy) is 3. The molecule has 1 aliphatic rings. The number of nitrogens with zero attached hydrogens (tertiary/aromatic N) is 1. The van der Waals surface area contributed by atoms with Crippen molar-refractivity contribution in [2.24, 2.45) is 0 Å². The highest BCUT2D eigenvalue weighted by Gasteiger charge is 2.16. The summed E-state index contributed by atoms with van der Waals surface area (Å²) in [6.07, 6.45) is 0. The summed E-state index contributed by atoms with van der Waals surface area (Å²) >= 11 is 0. The molecule has 8 heteroatoms. The molecule has 0 saturated carbocycles. The van der Waals surface area contributed by atoms with Crippen molar-refractivity contribution >= 4 is 11.6 Å². The molecule has 2 aromatic rings. The first-order valence-electron chi connectivity index (χ1n) is 7.65. The number of nitro groups is 1. The molecule has 0 radical (unpaired) electrons. The second-order valence-corrected chi connectivity index (χ2v) is 5.26. The highest BCUT2D eigenvalue weighted by molar-refractivity contribution is 5.77. The summed E-state index contributed by atoms with van der Waals surface area (Å²) in [6, 6.07) is 11.0. The van der Waals surface area contributed by atoms with Gasteiger partial charge in [0.05, 0.1) is 4.92 Å². The molecule has 130 valence electrons. The first kappa shape index (κ1) is 16.6. The zero-order valence-corrected chi connectivity index (χ0v) is 13.3. The van der Waals surface area contributed by atoms with Crippen LogP contribution in [-0.2, 0) is 11.3 Å². The van der Waals surface area contributed by atoms with Crippen molar-refractivity contribution in [1.82, 2.24) is 5.32 Å². The maximum absolute atomic E-state index is 11.9. The Morgan fingerprint density at radius 3 is 2.68 bits per heavy atom. The number of fused-ring (bicyclic) bond motifs is 1. The van der Waals surface area contributed by atoms with Crippen LogP contribution in [0.25, 0.3) is 0 Å². The Labute approximate surface area is 143 Å². The maximum Gasteiger partial charge on any atom is 0.269 e. The van der Waals surface area contributed by atoms with Gasteiger partial charge >= 0.3 is 0 Å². The number of carbonyl (C=O) groups is 1. The van der Waals surface area contributed by atoms with E-state index in [-0.39, 0.29) is 24.7 Å². The van der Waals surface area contributed by atoms with Crippen molar-refractivity contribution in [1.29, 1.82) is 0 Å². The third kappa shape index (κ3) is 4.17. The van der Waals surface area contributed by atoms with Crippen LogP contribution >= 0.6 is 0 Å². The molecule has 0 unspecified atom stereocenters. The number of para-hydroxylation sites is 1. The first-order chi connectivity index (χ1) is 12.1. The van der Waals surface area contributed by atoms with Crippen molar-refractivity contribution in [2.45, 2.75) is 6.54 Å². The van der Waals surface area contributed by atoms with Crippen LogP contribution in [0.1, 0.15) is 5.56 Å². The van der Waals surface area contributed by atoms with Crippen LogP contribution in [0.2, 0.25) is 0 Å². The molecular formula is C17H16N2O6. The summed E-state index contributed by atoms with van der Waals surface area (Å²) in [5.41, 5.74) is 0.786. The van der Waals surface area contributed by atoms with E-state index in [9.17, 15) is 14.9 Å². The van der Waals surface area contributed by atoms with Gasteiger partial charge in [-0.3, -0.25) is 14.9 Å². The molecule has 0 saturated heterocycles. The van der Waals surface area contributed by atoms with E-state index in [0.717, 1.165) is 5.56 Å². The Morgan fingerprint density at radius 1 is 1.16 bits per heavy atom. The lowest BCUT2D eigenvalue weighted by molar-refractivity contribution is -0.384. The Kier molecular flexibility index (Phi) is 4.98. The molecule has 0 atom stereocenters. The molecule has 0 spiro atoms. The summed E-state index contributed by atoms with van der Waals surface area (Å²) in [5.74, 6) is 1.38. The highest BCUT2D eigenvalue weighted by atomic mass is 16.6. The van der Waals surface area contributed by atoms with E-state index >= 15 is 0 Å². The molecule has 2 aromatic carbocycles. The number of carbonyl (C=O) groups excluding carboxylic acids is 1. The summed E-state index contributed by atoms with van der Waals surface area (Å²) in [5, 5.41) is 13.3. The maximum atomic E-state index is 11.9. The third-order valence-electron chi connectivity index (χ3n) is 3.54. The van der Waals surface area contributed by atoms with Gasteiger partial charge in [-0.2, -0.15) is 0 Å². The monoisotopic (exact) mass is 344 g/mol. The van der Waals surface area contributed by atoms with E-state index in [4.69, 9.17) is 14.2 Å². The van der Waals surface area contributed by atoms with Gasteiger partial charge in [0.25, 0.3) is 11.6 Å². The number of hydrogen-bond donors (Lipinski definition) is 1. The van der Waals surface area contributed by atoms with E-state index in [2.05, 4.69) is 5.32 Å². The number of non-ortho nitro benzene ring substituents is 1. The summed E-state index contributed by atoms with van der Waals surface area (Å²) in [6.45, 7) is 1.08. The van der Waals surface area contributed by atoms with Gasteiger partial charge in [0.15, 0.2) is 18.1 Å². The molecule has 0 bridgehead atoms. The van der Waals surface area contributed by atoms with Crippen LogP contribution in [-0.4, -0.2) is 30.7 Å². The highest BCUT2D eigenvalue weighted by Crippen LogP contribution is 2.33. The van der Waals surface area contributed by atoms with Crippen molar-refractivity contribution in [3.63, 3.8) is 0 Å². The van der Waals surface area contributed by atoms with E-state index in [1.54, 1.807) is 0 Å². The van der Waals surface area contributed by atoms with E-state index in [0.29, 0.717) is 30.5 Å². The average Bonchev–Trinajstić information content (AvgIpc) is 2.65. The van der Waals surface area contributed by atoms with E-state index in [1.807, 2.05) is 18.2 Å². The molecule has 1 heterocycles. The first-order valence-corrected chi connectivity index (χ1v) is 7.65. The van der Waals surface area contributed by atoms with Gasteiger partial charge < -0.3 is 19.5 Å². The summed E-state index contributed by atoms with van der Waals surface area (Å²) in [7, 11) is 0. The normalized spacial score (nSPS) is 12.3. The second-order valence-electron chi connectivity index (χ2n) is 5.26. The topological polar surface area (TPSA) is 99.9 Å². The van der Waals surface area contributed by atoms with Crippen molar-refractivity contribution in [2.75, 3.05) is 19.8 Å². The zero-order chi connectivity index (χ0) is 17.6. The summed E-state index contributed by atoms with van der Waals surface area (Å²) < 4.78 is 16.4. The van der Waals surface area contributed by atoms with Crippen molar-refractivity contribution < 1.29 is 23.9 Å². The Hall–Kier alpha value is -3.29. The van der Waals surface area contributed by atoms with Crippen LogP contribution in [0.15, 0.2) is 42.5 Å².